The summed E-state index contributed by atoms with van der Waals surface area (Å²) in [5.41, 5.74) is -0.674. The summed E-state index contributed by atoms with van der Waals surface area (Å²) in [6.07, 6.45) is -3.63. The summed E-state index contributed by atoms with van der Waals surface area (Å²) < 4.78 is 38.8. The fourth-order valence-electron chi connectivity index (χ4n) is 2.11. The smallest absolute Gasteiger partial charge is 0.337 e. The normalized spacial score (nSPS) is 16.1. The Labute approximate surface area is 140 Å². The summed E-state index contributed by atoms with van der Waals surface area (Å²) in [5, 5.41) is 3.16. The monoisotopic (exact) mass is 434 g/mol. The topological polar surface area (TPSA) is 32.3 Å². The van der Waals surface area contributed by atoms with Gasteiger partial charge in [-0.1, -0.05) is 0 Å². The largest absolute Gasteiger partial charge is 0.416 e. The Hall–Kier alpha value is -0.540. The molecule has 1 aromatic rings. The number of rotatable bonds is 1. The Kier molecular flexibility index (Phi) is 6.73. The third kappa shape index (κ3) is 5.00. The summed E-state index contributed by atoms with van der Waals surface area (Å²) in [6.45, 7) is 2.58. The molecule has 1 heterocycles. The first kappa shape index (κ1) is 18.5. The molecule has 0 radical (unpaired) electrons. The zero-order valence-electron chi connectivity index (χ0n) is 11.0. The van der Waals surface area contributed by atoms with Crippen molar-refractivity contribution in [2.24, 2.45) is 0 Å². The average molecular weight is 435 g/mol. The Morgan fingerprint density at radius 2 is 1.90 bits per heavy atom. The zero-order valence-corrected chi connectivity index (χ0v) is 14.0. The molecule has 118 valence electrons. The van der Waals surface area contributed by atoms with Crippen molar-refractivity contribution >= 4 is 40.9 Å². The predicted molar refractivity (Wildman–Crippen MR) is 84.8 cm³/mol. The second kappa shape index (κ2) is 7.64. The molecule has 21 heavy (non-hydrogen) atoms. The number of benzene rings is 1. The summed E-state index contributed by atoms with van der Waals surface area (Å²) in [4.78, 5) is 13.9. The highest BCUT2D eigenvalue weighted by atomic mass is 127. The van der Waals surface area contributed by atoms with Crippen LogP contribution in [0.5, 0.6) is 0 Å². The minimum atomic E-state index is -4.43. The van der Waals surface area contributed by atoms with Gasteiger partial charge in [0.2, 0.25) is 0 Å². The summed E-state index contributed by atoms with van der Waals surface area (Å²) in [5.74, 6) is -0.335. The number of nitrogens with zero attached hydrogens (tertiary/aromatic N) is 1. The molecule has 2 rings (SSSR count). The van der Waals surface area contributed by atoms with Crippen LogP contribution in [0.3, 0.4) is 0 Å². The molecule has 3 nitrogen and oxygen atoms in total. The van der Waals surface area contributed by atoms with Crippen LogP contribution >= 0.6 is 35.0 Å². The first-order valence-corrected chi connectivity index (χ1v) is 7.33. The van der Waals surface area contributed by atoms with Gasteiger partial charge in [0.25, 0.3) is 5.91 Å². The minimum absolute atomic E-state index is 0. The minimum Gasteiger partial charge on any atom is -0.337 e. The van der Waals surface area contributed by atoms with Gasteiger partial charge in [0.05, 0.1) is 5.56 Å². The van der Waals surface area contributed by atoms with Gasteiger partial charge < -0.3 is 10.2 Å². The van der Waals surface area contributed by atoms with Crippen LogP contribution in [0, 0.1) is 3.57 Å². The number of carbonyl (C=O) groups is 1. The first-order chi connectivity index (χ1) is 9.38. The highest BCUT2D eigenvalue weighted by Crippen LogP contribution is 2.31. The summed E-state index contributed by atoms with van der Waals surface area (Å²) in [6, 6.07) is 3.47. The van der Waals surface area contributed by atoms with E-state index in [1.807, 2.05) is 0 Å². The van der Waals surface area contributed by atoms with Gasteiger partial charge in [0.1, 0.15) is 0 Å². The van der Waals surface area contributed by atoms with Gasteiger partial charge in [0.15, 0.2) is 0 Å². The van der Waals surface area contributed by atoms with E-state index in [0.29, 0.717) is 23.2 Å². The maximum absolute atomic E-state index is 12.8. The molecule has 0 unspecified atom stereocenters. The highest BCUT2D eigenvalue weighted by Gasteiger charge is 2.32. The van der Waals surface area contributed by atoms with Crippen LogP contribution in [-0.4, -0.2) is 37.0 Å². The van der Waals surface area contributed by atoms with E-state index in [9.17, 15) is 18.0 Å². The Morgan fingerprint density at radius 1 is 1.19 bits per heavy atom. The van der Waals surface area contributed by atoms with Crippen LogP contribution in [0.15, 0.2) is 18.2 Å². The number of amides is 1. The number of nitrogens with one attached hydrogen (secondary N) is 1. The molecule has 1 aromatic carbocycles. The number of alkyl halides is 3. The van der Waals surface area contributed by atoms with E-state index in [1.165, 1.54) is 6.07 Å². The van der Waals surface area contributed by atoms with Gasteiger partial charge in [-0.3, -0.25) is 4.79 Å². The van der Waals surface area contributed by atoms with E-state index < -0.39 is 11.7 Å². The molecule has 0 aromatic heterocycles. The predicted octanol–water partition coefficient (Wildman–Crippen LogP) is 3.17. The molecular formula is C13H15ClF3IN2O. The SMILES string of the molecule is Cl.O=C(c1cc(I)cc(C(F)(F)F)c1)N1CCCNCC1. The van der Waals surface area contributed by atoms with Crippen molar-refractivity contribution in [3.8, 4) is 0 Å². The van der Waals surface area contributed by atoms with Crippen LogP contribution in [0.2, 0.25) is 0 Å². The summed E-state index contributed by atoms with van der Waals surface area (Å²) in [7, 11) is 0. The molecule has 0 spiro atoms. The van der Waals surface area contributed by atoms with E-state index in [2.05, 4.69) is 5.32 Å². The van der Waals surface area contributed by atoms with Gasteiger partial charge in [-0.2, -0.15) is 13.2 Å². The van der Waals surface area contributed by atoms with E-state index >= 15 is 0 Å². The molecule has 1 aliphatic rings. The van der Waals surface area contributed by atoms with Crippen LogP contribution < -0.4 is 5.32 Å². The summed E-state index contributed by atoms with van der Waals surface area (Å²) >= 11 is 1.80. The van der Waals surface area contributed by atoms with E-state index in [0.717, 1.165) is 25.1 Å². The van der Waals surface area contributed by atoms with E-state index in [-0.39, 0.29) is 23.9 Å². The van der Waals surface area contributed by atoms with E-state index in [1.54, 1.807) is 27.5 Å². The highest BCUT2D eigenvalue weighted by molar-refractivity contribution is 14.1. The van der Waals surface area contributed by atoms with Crippen LogP contribution in [0.1, 0.15) is 22.3 Å². The molecule has 0 bridgehead atoms. The van der Waals surface area contributed by atoms with E-state index in [4.69, 9.17) is 0 Å². The molecule has 1 aliphatic heterocycles. The van der Waals surface area contributed by atoms with Gasteiger partial charge in [-0.05, 0) is 53.8 Å². The number of carbonyl (C=O) groups excluding carboxylic acids is 1. The molecule has 1 N–H and O–H groups in total. The second-order valence-electron chi connectivity index (χ2n) is 4.62. The van der Waals surface area contributed by atoms with Gasteiger partial charge in [-0.25, -0.2) is 0 Å². The Balaban J connectivity index is 0.00000220. The lowest BCUT2D eigenvalue weighted by Gasteiger charge is -2.20. The fourth-order valence-corrected chi connectivity index (χ4v) is 2.78. The maximum atomic E-state index is 12.8. The molecule has 1 amide bonds. The third-order valence-electron chi connectivity index (χ3n) is 3.10. The van der Waals surface area contributed by atoms with Crippen LogP contribution in [0.4, 0.5) is 13.2 Å². The molecule has 0 atom stereocenters. The van der Waals surface area contributed by atoms with Gasteiger partial charge in [0, 0.05) is 28.8 Å². The fraction of sp³-hybridized carbons (Fsp3) is 0.462. The maximum Gasteiger partial charge on any atom is 0.416 e. The zero-order chi connectivity index (χ0) is 14.8. The second-order valence-corrected chi connectivity index (χ2v) is 5.87. The van der Waals surface area contributed by atoms with Gasteiger partial charge >= 0.3 is 6.18 Å². The first-order valence-electron chi connectivity index (χ1n) is 6.26. The third-order valence-corrected chi connectivity index (χ3v) is 3.72. The lowest BCUT2D eigenvalue weighted by molar-refractivity contribution is -0.137. The Bertz CT molecular complexity index is 503. The number of hydrogen-bond donors (Lipinski definition) is 1. The molecule has 0 aliphatic carbocycles. The molecule has 1 fully saturated rings. The van der Waals surface area contributed by atoms with Crippen molar-refractivity contribution < 1.29 is 18.0 Å². The lowest BCUT2D eigenvalue weighted by atomic mass is 10.1. The van der Waals surface area contributed by atoms with Crippen molar-refractivity contribution in [2.45, 2.75) is 12.6 Å². The Morgan fingerprint density at radius 3 is 2.57 bits per heavy atom. The average Bonchev–Trinajstić information content (AvgIpc) is 2.65. The van der Waals surface area contributed by atoms with Crippen molar-refractivity contribution in [1.82, 2.24) is 10.2 Å². The molecule has 8 heteroatoms. The molecule has 1 saturated heterocycles. The standard InChI is InChI=1S/C13H14F3IN2O.ClH/c14-13(15,16)10-6-9(7-11(17)8-10)12(20)19-4-1-2-18-3-5-19;/h6-8,18H,1-5H2;1H. The van der Waals surface area contributed by atoms with Crippen LogP contribution in [0.25, 0.3) is 0 Å². The van der Waals surface area contributed by atoms with Gasteiger partial charge in [-0.15, -0.1) is 12.4 Å². The molecule has 0 saturated carbocycles. The molecular weight excluding hydrogens is 420 g/mol. The quantitative estimate of drug-likeness (QED) is 0.689. The number of halogens is 5. The van der Waals surface area contributed by atoms with Crippen molar-refractivity contribution in [2.75, 3.05) is 26.2 Å². The lowest BCUT2D eigenvalue weighted by Crippen LogP contribution is -2.34. The van der Waals surface area contributed by atoms with Crippen LogP contribution in [-0.2, 0) is 6.18 Å². The van der Waals surface area contributed by atoms with Crippen molar-refractivity contribution in [1.29, 1.82) is 0 Å². The van der Waals surface area contributed by atoms with Crippen molar-refractivity contribution in [3.63, 3.8) is 0 Å². The van der Waals surface area contributed by atoms with Crippen molar-refractivity contribution in [3.05, 3.63) is 32.9 Å². The number of hydrogen-bond acceptors (Lipinski definition) is 2.